The highest BCUT2D eigenvalue weighted by Gasteiger charge is 2.34. The van der Waals surface area contributed by atoms with Crippen LogP contribution in [0.5, 0.6) is 0 Å². The van der Waals surface area contributed by atoms with Crippen LogP contribution in [-0.2, 0) is 9.84 Å². The summed E-state index contributed by atoms with van der Waals surface area (Å²) in [5.41, 5.74) is 1.22. The van der Waals surface area contributed by atoms with Crippen LogP contribution in [0, 0.1) is 6.92 Å². The maximum absolute atomic E-state index is 12.7. The van der Waals surface area contributed by atoms with Crippen LogP contribution in [0.25, 0.3) is 0 Å². The summed E-state index contributed by atoms with van der Waals surface area (Å²) in [6.07, 6.45) is 0. The number of hydrogen-bond acceptors (Lipinski definition) is 3. The molecular formula is C16H14BrCl2NO3S. The lowest BCUT2D eigenvalue weighted by Crippen LogP contribution is -2.45. The molecule has 0 fully saturated rings. The van der Waals surface area contributed by atoms with Crippen LogP contribution in [0.15, 0.2) is 57.9 Å². The molecule has 0 radical (unpaired) electrons. The van der Waals surface area contributed by atoms with Crippen molar-refractivity contribution in [2.45, 2.75) is 22.0 Å². The summed E-state index contributed by atoms with van der Waals surface area (Å²) in [5, 5.41) is 0.941. The topological polar surface area (TPSA) is 63.2 Å². The van der Waals surface area contributed by atoms with E-state index in [4.69, 9.17) is 23.2 Å². The van der Waals surface area contributed by atoms with E-state index in [0.717, 1.165) is 10.0 Å². The first-order valence-electron chi connectivity index (χ1n) is 6.87. The van der Waals surface area contributed by atoms with Gasteiger partial charge in [0, 0.05) is 10.0 Å². The van der Waals surface area contributed by atoms with Crippen LogP contribution >= 0.6 is 39.1 Å². The van der Waals surface area contributed by atoms with E-state index in [0.29, 0.717) is 5.56 Å². The fourth-order valence-electron chi connectivity index (χ4n) is 1.96. The Morgan fingerprint density at radius 3 is 2.08 bits per heavy atom. The number of carbonyl (C=O) groups is 1. The summed E-state index contributed by atoms with van der Waals surface area (Å²) in [6, 6.07) is 12.7. The van der Waals surface area contributed by atoms with Crippen LogP contribution in [0.3, 0.4) is 0 Å². The normalized spacial score (nSPS) is 12.9. The third-order valence-electron chi connectivity index (χ3n) is 3.29. The van der Waals surface area contributed by atoms with Crippen molar-refractivity contribution in [3.63, 3.8) is 0 Å². The van der Waals surface area contributed by atoms with Crippen molar-refractivity contribution in [1.82, 2.24) is 5.32 Å². The molecular weight excluding hydrogens is 437 g/mol. The summed E-state index contributed by atoms with van der Waals surface area (Å²) < 4.78 is 26.2. The number of halogens is 3. The number of rotatable bonds is 5. The molecule has 0 aliphatic rings. The second-order valence-corrected chi connectivity index (χ2v) is 9.24. The molecule has 2 aromatic rings. The van der Waals surface area contributed by atoms with Crippen LogP contribution < -0.4 is 5.32 Å². The number of benzene rings is 2. The molecule has 0 unspecified atom stereocenters. The maximum atomic E-state index is 12.7. The highest BCUT2D eigenvalue weighted by atomic mass is 79.9. The molecule has 0 aliphatic carbocycles. The van der Waals surface area contributed by atoms with Gasteiger partial charge < -0.3 is 5.32 Å². The minimum Gasteiger partial charge on any atom is -0.333 e. The van der Waals surface area contributed by atoms with Crippen molar-refractivity contribution in [1.29, 1.82) is 0 Å². The highest BCUT2D eigenvalue weighted by molar-refractivity contribution is 9.10. The Bertz CT molecular complexity index is 821. The SMILES string of the molecule is Cc1ccc(S(=O)(=O)[C@H](NC(=O)c2ccc(Br)cc2)C(Cl)Cl)cc1. The van der Waals surface area contributed by atoms with Crippen LogP contribution in [0.2, 0.25) is 0 Å². The van der Waals surface area contributed by atoms with Gasteiger partial charge in [0.05, 0.1) is 4.90 Å². The van der Waals surface area contributed by atoms with Gasteiger partial charge >= 0.3 is 0 Å². The van der Waals surface area contributed by atoms with E-state index in [1.807, 2.05) is 6.92 Å². The highest BCUT2D eigenvalue weighted by Crippen LogP contribution is 2.23. The lowest BCUT2D eigenvalue weighted by Gasteiger charge is -2.20. The van der Waals surface area contributed by atoms with E-state index in [2.05, 4.69) is 21.2 Å². The molecule has 0 spiro atoms. The fourth-order valence-corrected chi connectivity index (χ4v) is 4.51. The monoisotopic (exact) mass is 449 g/mol. The number of nitrogens with one attached hydrogen (secondary N) is 1. The Balaban J connectivity index is 2.30. The van der Waals surface area contributed by atoms with E-state index >= 15 is 0 Å². The molecule has 0 saturated carbocycles. The van der Waals surface area contributed by atoms with Gasteiger partial charge in [0.1, 0.15) is 4.84 Å². The van der Waals surface area contributed by atoms with Gasteiger partial charge in [-0.3, -0.25) is 4.79 Å². The lowest BCUT2D eigenvalue weighted by molar-refractivity contribution is 0.0949. The molecule has 0 saturated heterocycles. The molecule has 2 aromatic carbocycles. The molecule has 1 N–H and O–H groups in total. The van der Waals surface area contributed by atoms with Crippen LogP contribution in [-0.4, -0.2) is 24.5 Å². The van der Waals surface area contributed by atoms with E-state index in [1.54, 1.807) is 36.4 Å². The second-order valence-electron chi connectivity index (χ2n) is 5.09. The molecule has 0 bridgehead atoms. The van der Waals surface area contributed by atoms with Crippen molar-refractivity contribution in [2.24, 2.45) is 0 Å². The van der Waals surface area contributed by atoms with E-state index in [9.17, 15) is 13.2 Å². The second kappa shape index (κ2) is 7.87. The zero-order valence-electron chi connectivity index (χ0n) is 12.5. The third kappa shape index (κ3) is 4.51. The average molecular weight is 451 g/mol. The summed E-state index contributed by atoms with van der Waals surface area (Å²) in [4.78, 5) is 11.0. The van der Waals surface area contributed by atoms with Crippen LogP contribution in [0.1, 0.15) is 15.9 Å². The van der Waals surface area contributed by atoms with Crippen molar-refractivity contribution >= 4 is 54.9 Å². The summed E-state index contributed by atoms with van der Waals surface area (Å²) in [6.45, 7) is 1.84. The number of aryl methyl sites for hydroxylation is 1. The van der Waals surface area contributed by atoms with Crippen molar-refractivity contribution in [3.05, 3.63) is 64.1 Å². The van der Waals surface area contributed by atoms with Crippen molar-refractivity contribution in [2.75, 3.05) is 0 Å². The number of hydrogen-bond donors (Lipinski definition) is 1. The predicted molar refractivity (Wildman–Crippen MR) is 99.3 cm³/mol. The van der Waals surface area contributed by atoms with Gasteiger partial charge in [-0.1, -0.05) is 33.6 Å². The summed E-state index contributed by atoms with van der Waals surface area (Å²) >= 11 is 14.9. The fraction of sp³-hybridized carbons (Fsp3) is 0.188. The molecule has 4 nitrogen and oxygen atoms in total. The van der Waals surface area contributed by atoms with Crippen LogP contribution in [0.4, 0.5) is 0 Å². The first-order valence-corrected chi connectivity index (χ1v) is 10.1. The summed E-state index contributed by atoms with van der Waals surface area (Å²) in [5.74, 6) is -0.575. The number of sulfone groups is 1. The summed E-state index contributed by atoms with van der Waals surface area (Å²) in [7, 11) is -3.93. The Morgan fingerprint density at radius 2 is 1.58 bits per heavy atom. The quantitative estimate of drug-likeness (QED) is 0.697. The number of alkyl halides is 2. The molecule has 1 amide bonds. The Morgan fingerprint density at radius 1 is 1.04 bits per heavy atom. The molecule has 128 valence electrons. The molecule has 2 rings (SSSR count). The van der Waals surface area contributed by atoms with Gasteiger partial charge in [0.2, 0.25) is 9.84 Å². The van der Waals surface area contributed by atoms with Gasteiger partial charge in [-0.2, -0.15) is 0 Å². The molecule has 8 heteroatoms. The van der Waals surface area contributed by atoms with Gasteiger partial charge in [-0.25, -0.2) is 8.42 Å². The zero-order chi connectivity index (χ0) is 17.9. The molecule has 24 heavy (non-hydrogen) atoms. The smallest absolute Gasteiger partial charge is 0.252 e. The van der Waals surface area contributed by atoms with Crippen molar-refractivity contribution in [3.8, 4) is 0 Å². The first kappa shape index (κ1) is 19.2. The standard InChI is InChI=1S/C16H14BrCl2NO3S/c1-10-2-8-13(9-3-10)24(22,23)16(14(18)19)20-15(21)11-4-6-12(17)7-5-11/h2-9,14,16H,1H3,(H,20,21)/t16-/m0/s1. The average Bonchev–Trinajstić information content (AvgIpc) is 2.53. The van der Waals surface area contributed by atoms with Gasteiger partial charge in [0.15, 0.2) is 5.37 Å². The molecule has 1 atom stereocenters. The van der Waals surface area contributed by atoms with Gasteiger partial charge in [-0.05, 0) is 43.3 Å². The Hall–Kier alpha value is -1.08. The zero-order valence-corrected chi connectivity index (χ0v) is 16.5. The van der Waals surface area contributed by atoms with Gasteiger partial charge in [-0.15, -0.1) is 23.2 Å². The third-order valence-corrected chi connectivity index (χ3v) is 6.61. The Labute approximate surface area is 159 Å². The maximum Gasteiger partial charge on any atom is 0.252 e. The molecule has 0 heterocycles. The minimum absolute atomic E-state index is 0.0421. The number of amides is 1. The first-order chi connectivity index (χ1) is 11.2. The van der Waals surface area contributed by atoms with E-state index in [1.165, 1.54) is 12.1 Å². The van der Waals surface area contributed by atoms with E-state index < -0.39 is 26.0 Å². The Kier molecular flexibility index (Phi) is 6.31. The predicted octanol–water partition coefficient (Wildman–Crippen LogP) is 4.09. The van der Waals surface area contributed by atoms with E-state index in [-0.39, 0.29) is 4.90 Å². The minimum atomic E-state index is -3.93. The van der Waals surface area contributed by atoms with Gasteiger partial charge in [0.25, 0.3) is 5.91 Å². The largest absolute Gasteiger partial charge is 0.333 e. The number of carbonyl (C=O) groups excluding carboxylic acids is 1. The lowest BCUT2D eigenvalue weighted by atomic mass is 10.2. The molecule has 0 aliphatic heterocycles. The van der Waals surface area contributed by atoms with Crippen molar-refractivity contribution < 1.29 is 13.2 Å². The molecule has 0 aromatic heterocycles.